The molecule has 0 saturated carbocycles. The highest BCUT2D eigenvalue weighted by molar-refractivity contribution is 6.01. The Labute approximate surface area is 187 Å². The van der Waals surface area contributed by atoms with Crippen LogP contribution in [0, 0.1) is 0 Å². The Morgan fingerprint density at radius 2 is 1.78 bits per heavy atom. The van der Waals surface area contributed by atoms with Crippen LogP contribution in [0.3, 0.4) is 0 Å². The largest absolute Gasteiger partial charge is 0.481 e. The topological polar surface area (TPSA) is 112 Å². The Hall–Kier alpha value is -3.81. The number of carboxylic acid groups (broad SMARTS) is 1. The minimum Gasteiger partial charge on any atom is -0.481 e. The highest BCUT2D eigenvalue weighted by Gasteiger charge is 2.17. The van der Waals surface area contributed by atoms with Gasteiger partial charge in [0.2, 0.25) is 0 Å². The van der Waals surface area contributed by atoms with E-state index < -0.39 is 12.1 Å². The first-order valence-electron chi connectivity index (χ1n) is 10.6. The van der Waals surface area contributed by atoms with Crippen molar-refractivity contribution in [3.63, 3.8) is 0 Å². The molecule has 1 aliphatic rings. The van der Waals surface area contributed by atoms with Crippen molar-refractivity contribution >= 4 is 23.6 Å². The number of anilines is 1. The fraction of sp³-hybridized carbons (Fsp3) is 0.292. The number of benzene rings is 2. The van der Waals surface area contributed by atoms with Crippen LogP contribution in [-0.2, 0) is 16.0 Å². The molecule has 0 radical (unpaired) electrons. The maximum atomic E-state index is 12.3. The van der Waals surface area contributed by atoms with Crippen LogP contribution in [0.4, 0.5) is 10.5 Å². The van der Waals surface area contributed by atoms with E-state index in [4.69, 9.17) is 9.84 Å². The van der Waals surface area contributed by atoms with Crippen LogP contribution in [0.2, 0.25) is 0 Å². The molecule has 0 spiro atoms. The van der Waals surface area contributed by atoms with Gasteiger partial charge in [-0.25, -0.2) is 4.79 Å². The molecule has 4 N–H and O–H groups in total. The molecule has 1 amide bonds. The molecule has 1 aliphatic heterocycles. The summed E-state index contributed by atoms with van der Waals surface area (Å²) in [5.74, 6) is -0.224. The Kier molecular flexibility index (Phi) is 8.25. The number of alkyl carbamates (subject to hydrolysis) is 1. The van der Waals surface area contributed by atoms with E-state index in [-0.39, 0.29) is 12.5 Å². The lowest BCUT2D eigenvalue weighted by molar-refractivity contribution is -0.136. The zero-order chi connectivity index (χ0) is 22.8. The van der Waals surface area contributed by atoms with Gasteiger partial charge >= 0.3 is 12.1 Å². The van der Waals surface area contributed by atoms with E-state index in [1.54, 1.807) is 12.1 Å². The lowest BCUT2D eigenvalue weighted by atomic mass is 10.1. The molecule has 2 aromatic rings. The second-order valence-electron chi connectivity index (χ2n) is 7.34. The number of ether oxygens (including phenoxy) is 1. The van der Waals surface area contributed by atoms with Crippen molar-refractivity contribution in [1.82, 2.24) is 10.6 Å². The van der Waals surface area contributed by atoms with Crippen LogP contribution >= 0.6 is 0 Å². The van der Waals surface area contributed by atoms with Crippen molar-refractivity contribution in [1.29, 1.82) is 0 Å². The summed E-state index contributed by atoms with van der Waals surface area (Å²) < 4.78 is 5.48. The zero-order valence-corrected chi connectivity index (χ0v) is 18.0. The van der Waals surface area contributed by atoms with Gasteiger partial charge < -0.3 is 20.5 Å². The number of amides is 1. The van der Waals surface area contributed by atoms with Crippen LogP contribution in [0.5, 0.6) is 0 Å². The van der Waals surface area contributed by atoms with Crippen molar-refractivity contribution < 1.29 is 19.4 Å². The quantitative estimate of drug-likeness (QED) is 0.448. The molecule has 0 aliphatic carbocycles. The van der Waals surface area contributed by atoms with E-state index in [1.165, 1.54) is 0 Å². The van der Waals surface area contributed by atoms with Gasteiger partial charge in [0.25, 0.3) is 0 Å². The molecule has 8 heteroatoms. The minimum atomic E-state index is -0.848. The summed E-state index contributed by atoms with van der Waals surface area (Å²) in [5.41, 5.74) is 3.19. The van der Waals surface area contributed by atoms with Gasteiger partial charge in [-0.2, -0.15) is 0 Å². The SMILES string of the molecule is CC(OC(=O)NC1=CCCN=C1NCCNc1ccc(CC(=O)O)cc1)c1ccccc1. The van der Waals surface area contributed by atoms with E-state index in [0.29, 0.717) is 31.2 Å². The van der Waals surface area contributed by atoms with Crippen molar-refractivity contribution in [2.75, 3.05) is 25.0 Å². The molecule has 168 valence electrons. The van der Waals surface area contributed by atoms with Gasteiger partial charge in [0, 0.05) is 25.3 Å². The number of nitrogens with one attached hydrogen (secondary N) is 3. The number of hydrogen-bond donors (Lipinski definition) is 4. The van der Waals surface area contributed by atoms with E-state index in [0.717, 1.165) is 23.2 Å². The molecule has 8 nitrogen and oxygen atoms in total. The smallest absolute Gasteiger partial charge is 0.412 e. The summed E-state index contributed by atoms with van der Waals surface area (Å²) in [7, 11) is 0. The number of aliphatic imine (C=N–C) groups is 1. The molecular weight excluding hydrogens is 408 g/mol. The molecule has 2 aromatic carbocycles. The van der Waals surface area contributed by atoms with E-state index in [2.05, 4.69) is 20.9 Å². The Bertz CT molecular complexity index is 971. The van der Waals surface area contributed by atoms with E-state index in [1.807, 2.05) is 55.5 Å². The molecule has 0 saturated heterocycles. The van der Waals surface area contributed by atoms with Crippen LogP contribution < -0.4 is 16.0 Å². The standard InChI is InChI=1S/C24H28N4O4/c1-17(19-6-3-2-4-7-19)32-24(31)28-21-8-5-13-26-23(21)27-15-14-25-20-11-9-18(10-12-20)16-22(29)30/h2-4,6-12,17,25H,5,13-16H2,1H3,(H,26,27)(H,28,31)(H,29,30). The second-order valence-corrected chi connectivity index (χ2v) is 7.34. The first kappa shape index (κ1) is 22.9. The summed E-state index contributed by atoms with van der Waals surface area (Å²) in [6, 6.07) is 16.9. The van der Waals surface area contributed by atoms with Crippen molar-refractivity contribution in [2.24, 2.45) is 4.99 Å². The maximum absolute atomic E-state index is 12.3. The highest BCUT2D eigenvalue weighted by Crippen LogP contribution is 2.16. The molecule has 3 rings (SSSR count). The number of carbonyl (C=O) groups excluding carboxylic acids is 1. The fourth-order valence-electron chi connectivity index (χ4n) is 3.22. The highest BCUT2D eigenvalue weighted by atomic mass is 16.6. The number of carbonyl (C=O) groups is 2. The van der Waals surface area contributed by atoms with Gasteiger partial charge in [0.1, 0.15) is 11.9 Å². The van der Waals surface area contributed by atoms with Gasteiger partial charge in [-0.15, -0.1) is 0 Å². The first-order chi connectivity index (χ1) is 15.5. The predicted molar refractivity (Wildman–Crippen MR) is 124 cm³/mol. The Morgan fingerprint density at radius 1 is 1.06 bits per heavy atom. The summed E-state index contributed by atoms with van der Waals surface area (Å²) >= 11 is 0. The third kappa shape index (κ3) is 7.16. The number of amidine groups is 1. The lowest BCUT2D eigenvalue weighted by Crippen LogP contribution is -2.38. The number of rotatable bonds is 9. The van der Waals surface area contributed by atoms with Crippen LogP contribution in [0.15, 0.2) is 71.4 Å². The normalized spacial score (nSPS) is 13.9. The fourth-order valence-corrected chi connectivity index (χ4v) is 3.22. The summed E-state index contributed by atoms with van der Waals surface area (Å²) in [6.45, 7) is 3.70. The third-order valence-electron chi connectivity index (χ3n) is 4.85. The summed E-state index contributed by atoms with van der Waals surface area (Å²) in [6.07, 6.45) is 1.80. The van der Waals surface area contributed by atoms with Crippen LogP contribution in [-0.4, -0.2) is 42.6 Å². The van der Waals surface area contributed by atoms with E-state index >= 15 is 0 Å². The molecule has 0 aromatic heterocycles. The molecule has 0 fully saturated rings. The van der Waals surface area contributed by atoms with Gasteiger partial charge in [0.15, 0.2) is 0 Å². The molecule has 1 heterocycles. The number of aliphatic carboxylic acids is 1. The number of hydrogen-bond acceptors (Lipinski definition) is 6. The second kappa shape index (κ2) is 11.5. The average Bonchev–Trinajstić information content (AvgIpc) is 2.79. The van der Waals surface area contributed by atoms with Crippen LogP contribution in [0.25, 0.3) is 0 Å². The number of dihydropyridines is 1. The lowest BCUT2D eigenvalue weighted by Gasteiger charge is -2.19. The van der Waals surface area contributed by atoms with Gasteiger partial charge in [-0.3, -0.25) is 15.1 Å². The van der Waals surface area contributed by atoms with E-state index in [9.17, 15) is 9.59 Å². The van der Waals surface area contributed by atoms with Gasteiger partial charge in [0.05, 0.1) is 12.1 Å². The monoisotopic (exact) mass is 436 g/mol. The van der Waals surface area contributed by atoms with Crippen LogP contribution in [0.1, 0.15) is 30.6 Å². The predicted octanol–water partition coefficient (Wildman–Crippen LogP) is 3.49. The van der Waals surface area contributed by atoms with Crippen molar-refractivity contribution in [3.8, 4) is 0 Å². The first-order valence-corrected chi connectivity index (χ1v) is 10.6. The summed E-state index contributed by atoms with van der Waals surface area (Å²) in [5, 5.41) is 18.1. The molecule has 0 bridgehead atoms. The molecular formula is C24H28N4O4. The van der Waals surface area contributed by atoms with Crippen molar-refractivity contribution in [3.05, 3.63) is 77.5 Å². The average molecular weight is 437 g/mol. The third-order valence-corrected chi connectivity index (χ3v) is 4.85. The summed E-state index contributed by atoms with van der Waals surface area (Å²) in [4.78, 5) is 27.6. The van der Waals surface area contributed by atoms with Gasteiger partial charge in [-0.1, -0.05) is 48.5 Å². The van der Waals surface area contributed by atoms with Crippen molar-refractivity contribution in [2.45, 2.75) is 25.9 Å². The molecule has 1 unspecified atom stereocenters. The molecule has 1 atom stereocenters. The zero-order valence-electron chi connectivity index (χ0n) is 18.0. The van der Waals surface area contributed by atoms with Gasteiger partial charge in [-0.05, 0) is 36.6 Å². The Balaban J connectivity index is 1.43. The number of nitrogens with zero attached hydrogens (tertiary/aromatic N) is 1. The number of carboxylic acids is 1. The Morgan fingerprint density at radius 3 is 2.50 bits per heavy atom. The molecule has 32 heavy (non-hydrogen) atoms. The maximum Gasteiger partial charge on any atom is 0.412 e. The minimum absolute atomic E-state index is 0.0103.